The first kappa shape index (κ1) is 20.0. The molecule has 2 aromatic heterocycles. The van der Waals surface area contributed by atoms with Crippen molar-refractivity contribution >= 4 is 16.9 Å². The van der Waals surface area contributed by atoms with Gasteiger partial charge < -0.3 is 24.1 Å². The van der Waals surface area contributed by atoms with E-state index in [2.05, 4.69) is 15.3 Å². The Labute approximate surface area is 175 Å². The highest BCUT2D eigenvalue weighted by Gasteiger charge is 2.29. The number of pyridine rings is 1. The lowest BCUT2D eigenvalue weighted by Gasteiger charge is -2.21. The van der Waals surface area contributed by atoms with Crippen molar-refractivity contribution in [3.05, 3.63) is 30.1 Å². The number of hydrogen-bond acceptors (Lipinski definition) is 6. The van der Waals surface area contributed by atoms with Crippen LogP contribution in [0.5, 0.6) is 17.4 Å². The Morgan fingerprint density at radius 2 is 1.97 bits per heavy atom. The second-order valence-electron chi connectivity index (χ2n) is 7.56. The van der Waals surface area contributed by atoms with E-state index in [4.69, 9.17) is 14.2 Å². The van der Waals surface area contributed by atoms with Crippen LogP contribution >= 0.6 is 0 Å². The van der Waals surface area contributed by atoms with Crippen molar-refractivity contribution < 1.29 is 19.0 Å². The highest BCUT2D eigenvalue weighted by molar-refractivity contribution is 5.88. The highest BCUT2D eigenvalue weighted by Crippen LogP contribution is 2.35. The lowest BCUT2D eigenvalue weighted by Crippen LogP contribution is -2.25. The summed E-state index contributed by atoms with van der Waals surface area (Å²) >= 11 is 0. The molecule has 1 saturated heterocycles. The Morgan fingerprint density at radius 1 is 1.17 bits per heavy atom. The molecule has 0 saturated carbocycles. The van der Waals surface area contributed by atoms with Crippen LogP contribution in [0.2, 0.25) is 0 Å². The number of ether oxygens (including phenoxy) is 3. The summed E-state index contributed by atoms with van der Waals surface area (Å²) in [4.78, 5) is 20.9. The van der Waals surface area contributed by atoms with Crippen LogP contribution in [0.15, 0.2) is 24.3 Å². The summed E-state index contributed by atoms with van der Waals surface area (Å²) in [6.07, 6.45) is 0.349. The number of carbonyl (C=O) groups is 1. The van der Waals surface area contributed by atoms with E-state index >= 15 is 0 Å². The number of aryl methyl sites for hydroxylation is 2. The molecule has 2 atom stereocenters. The lowest BCUT2D eigenvalue weighted by molar-refractivity contribution is -0.119. The highest BCUT2D eigenvalue weighted by atomic mass is 16.5. The van der Waals surface area contributed by atoms with E-state index in [-0.39, 0.29) is 17.9 Å². The van der Waals surface area contributed by atoms with Gasteiger partial charge in [-0.05, 0) is 38.1 Å². The van der Waals surface area contributed by atoms with Crippen LogP contribution in [-0.2, 0) is 11.8 Å². The molecule has 8 heteroatoms. The van der Waals surface area contributed by atoms with Gasteiger partial charge in [-0.25, -0.2) is 9.97 Å². The number of carbonyl (C=O) groups excluding carboxylic acids is 1. The zero-order valence-corrected chi connectivity index (χ0v) is 17.9. The van der Waals surface area contributed by atoms with Gasteiger partial charge in [-0.3, -0.25) is 4.79 Å². The number of hydrogen-bond donors (Lipinski definition) is 1. The van der Waals surface area contributed by atoms with Crippen LogP contribution < -0.4 is 19.5 Å². The number of fused-ring (bicyclic) bond motifs is 1. The Bertz CT molecular complexity index is 1110. The monoisotopic (exact) mass is 410 g/mol. The van der Waals surface area contributed by atoms with E-state index in [1.807, 2.05) is 49.7 Å². The SMILES string of the molecule is COc1ccc(-c2cc(O[C@H](C)C3CNC(=O)C3)c3c(c2)nc(C)n3C)nc1OC. The number of imidazole rings is 1. The van der Waals surface area contributed by atoms with E-state index in [1.165, 1.54) is 0 Å². The van der Waals surface area contributed by atoms with E-state index < -0.39 is 0 Å². The summed E-state index contributed by atoms with van der Waals surface area (Å²) in [6.45, 7) is 4.59. The second kappa shape index (κ2) is 7.85. The molecule has 4 rings (SSSR count). The molecule has 0 spiro atoms. The molecule has 0 radical (unpaired) electrons. The molecule has 0 bridgehead atoms. The number of nitrogens with zero attached hydrogens (tertiary/aromatic N) is 3. The van der Waals surface area contributed by atoms with E-state index in [0.29, 0.717) is 30.3 Å². The van der Waals surface area contributed by atoms with Gasteiger partial charge in [0.05, 0.1) is 25.4 Å². The largest absolute Gasteiger partial charge is 0.491 e. The molecule has 1 fully saturated rings. The van der Waals surface area contributed by atoms with Gasteiger partial charge in [0.15, 0.2) is 5.75 Å². The van der Waals surface area contributed by atoms with Gasteiger partial charge in [-0.1, -0.05) is 0 Å². The molecule has 0 aliphatic carbocycles. The van der Waals surface area contributed by atoms with Crippen molar-refractivity contribution in [3.8, 4) is 28.6 Å². The number of methoxy groups -OCH3 is 2. The number of amides is 1. The van der Waals surface area contributed by atoms with Gasteiger partial charge in [-0.2, -0.15) is 0 Å². The smallest absolute Gasteiger partial charge is 0.257 e. The summed E-state index contributed by atoms with van der Waals surface area (Å²) in [5.41, 5.74) is 3.34. The van der Waals surface area contributed by atoms with Crippen molar-refractivity contribution in [2.75, 3.05) is 20.8 Å². The summed E-state index contributed by atoms with van der Waals surface area (Å²) in [7, 11) is 5.11. The Morgan fingerprint density at radius 3 is 2.63 bits per heavy atom. The predicted octanol–water partition coefficient (Wildman–Crippen LogP) is 2.86. The van der Waals surface area contributed by atoms with Crippen LogP contribution in [0.1, 0.15) is 19.2 Å². The number of rotatable bonds is 6. The minimum absolute atomic E-state index is 0.0697. The predicted molar refractivity (Wildman–Crippen MR) is 113 cm³/mol. The summed E-state index contributed by atoms with van der Waals surface area (Å²) in [5.74, 6) is 2.79. The molecular weight excluding hydrogens is 384 g/mol. The fourth-order valence-corrected chi connectivity index (χ4v) is 3.81. The lowest BCUT2D eigenvalue weighted by atomic mass is 10.0. The third-order valence-corrected chi connectivity index (χ3v) is 5.68. The minimum Gasteiger partial charge on any atom is -0.491 e. The maximum absolute atomic E-state index is 11.6. The molecule has 3 heterocycles. The fourth-order valence-electron chi connectivity index (χ4n) is 3.81. The van der Waals surface area contributed by atoms with Gasteiger partial charge in [0.2, 0.25) is 5.91 Å². The number of benzene rings is 1. The van der Waals surface area contributed by atoms with Crippen LogP contribution in [0, 0.1) is 12.8 Å². The van der Waals surface area contributed by atoms with E-state index in [9.17, 15) is 4.79 Å². The molecule has 1 aromatic carbocycles. The summed E-state index contributed by atoms with van der Waals surface area (Å²) in [5, 5.41) is 2.88. The Hall–Kier alpha value is -3.29. The summed E-state index contributed by atoms with van der Waals surface area (Å²) in [6, 6.07) is 7.67. The van der Waals surface area contributed by atoms with Crippen molar-refractivity contribution in [1.29, 1.82) is 0 Å². The second-order valence-corrected chi connectivity index (χ2v) is 7.56. The molecule has 1 unspecified atom stereocenters. The van der Waals surface area contributed by atoms with Crippen molar-refractivity contribution in [2.45, 2.75) is 26.4 Å². The number of aromatic nitrogens is 3. The maximum Gasteiger partial charge on any atom is 0.257 e. The molecule has 1 amide bonds. The molecule has 30 heavy (non-hydrogen) atoms. The minimum atomic E-state index is -0.129. The van der Waals surface area contributed by atoms with Gasteiger partial charge in [-0.15, -0.1) is 0 Å². The third-order valence-electron chi connectivity index (χ3n) is 5.68. The average Bonchev–Trinajstić information content (AvgIpc) is 3.30. The van der Waals surface area contributed by atoms with Crippen LogP contribution in [0.4, 0.5) is 0 Å². The van der Waals surface area contributed by atoms with Crippen LogP contribution in [0.3, 0.4) is 0 Å². The normalized spacial score (nSPS) is 17.1. The first-order valence-corrected chi connectivity index (χ1v) is 9.91. The van der Waals surface area contributed by atoms with Gasteiger partial charge >= 0.3 is 0 Å². The van der Waals surface area contributed by atoms with Crippen molar-refractivity contribution in [3.63, 3.8) is 0 Å². The first-order chi connectivity index (χ1) is 14.4. The maximum atomic E-state index is 11.6. The van der Waals surface area contributed by atoms with Crippen LogP contribution in [-0.4, -0.2) is 47.3 Å². The molecule has 8 nitrogen and oxygen atoms in total. The van der Waals surface area contributed by atoms with Gasteiger partial charge in [0.1, 0.15) is 23.2 Å². The molecule has 1 N–H and O–H groups in total. The Kier molecular flexibility index (Phi) is 5.24. The third kappa shape index (κ3) is 3.53. The van der Waals surface area contributed by atoms with E-state index in [1.54, 1.807) is 14.2 Å². The quantitative estimate of drug-likeness (QED) is 0.672. The van der Waals surface area contributed by atoms with E-state index in [0.717, 1.165) is 28.1 Å². The molecular formula is C22H26N4O4. The Balaban J connectivity index is 1.78. The van der Waals surface area contributed by atoms with Crippen molar-refractivity contribution in [1.82, 2.24) is 19.9 Å². The first-order valence-electron chi connectivity index (χ1n) is 9.91. The van der Waals surface area contributed by atoms with Gasteiger partial charge in [0, 0.05) is 31.5 Å². The standard InChI is InChI=1S/C22H26N4O4/c1-12(15-10-20(27)23-11-15)30-19-9-14(8-17-21(19)26(3)13(2)24-17)16-6-7-18(28-4)22(25-16)29-5/h6-9,12,15H,10-11H2,1-5H3,(H,23,27)/t12-,15?/m1/s1. The molecule has 1 aliphatic heterocycles. The molecule has 158 valence electrons. The average molecular weight is 410 g/mol. The molecule has 3 aromatic rings. The molecule has 1 aliphatic rings. The number of nitrogens with one attached hydrogen (secondary N) is 1. The topological polar surface area (TPSA) is 87.5 Å². The zero-order valence-electron chi connectivity index (χ0n) is 17.9. The zero-order chi connectivity index (χ0) is 21.4. The van der Waals surface area contributed by atoms with Crippen LogP contribution in [0.25, 0.3) is 22.3 Å². The fraction of sp³-hybridized carbons (Fsp3) is 0.409. The van der Waals surface area contributed by atoms with Crippen molar-refractivity contribution in [2.24, 2.45) is 13.0 Å². The van der Waals surface area contributed by atoms with Gasteiger partial charge in [0.25, 0.3) is 5.88 Å². The summed E-state index contributed by atoms with van der Waals surface area (Å²) < 4.78 is 19.0.